The summed E-state index contributed by atoms with van der Waals surface area (Å²) in [5, 5.41) is 19.8. The zero-order chi connectivity index (χ0) is 16.3. The molecule has 9 heteroatoms. The summed E-state index contributed by atoms with van der Waals surface area (Å²) in [7, 11) is -4.39. The fraction of sp³-hybridized carbons (Fsp3) is 0.417. The van der Waals surface area contributed by atoms with Crippen molar-refractivity contribution in [3.63, 3.8) is 0 Å². The fourth-order valence-electron chi connectivity index (χ4n) is 1.70. The number of nitriles is 1. The van der Waals surface area contributed by atoms with Crippen LogP contribution in [0.1, 0.15) is 26.7 Å². The molecule has 1 aromatic carbocycles. The third-order valence-corrected chi connectivity index (χ3v) is 4.72. The molecular weight excluding hydrogens is 301 g/mol. The predicted octanol–water partition coefficient (Wildman–Crippen LogP) is 2.09. The van der Waals surface area contributed by atoms with Crippen LogP contribution in [0.2, 0.25) is 0 Å². The first-order valence-electron chi connectivity index (χ1n) is 6.10. The first kappa shape index (κ1) is 17.0. The van der Waals surface area contributed by atoms with Gasteiger partial charge in [0.2, 0.25) is 10.0 Å². The number of halogens is 1. The highest BCUT2D eigenvalue weighted by molar-refractivity contribution is 7.89. The van der Waals surface area contributed by atoms with Crippen LogP contribution in [0.15, 0.2) is 23.1 Å². The predicted molar refractivity (Wildman–Crippen MR) is 72.3 cm³/mol. The Kier molecular flexibility index (Phi) is 4.98. The number of non-ortho nitro benzene ring substituents is 1. The Bertz CT molecular complexity index is 693. The van der Waals surface area contributed by atoms with E-state index >= 15 is 0 Å². The standard InChI is InChI=1S/C12H14FN3O4S/c1-3-12(4-2,8-14)15-21(19,20)11-7-9(16(17)18)5-6-10(11)13/h5-7,15H,3-4H2,1-2H3. The Balaban J connectivity index is 3.35. The fourth-order valence-corrected chi connectivity index (χ4v) is 3.26. The maximum Gasteiger partial charge on any atom is 0.270 e. The van der Waals surface area contributed by atoms with E-state index in [1.807, 2.05) is 6.07 Å². The molecule has 0 spiro atoms. The highest BCUT2D eigenvalue weighted by atomic mass is 32.2. The summed E-state index contributed by atoms with van der Waals surface area (Å²) in [4.78, 5) is 8.99. The van der Waals surface area contributed by atoms with E-state index in [4.69, 9.17) is 5.26 Å². The van der Waals surface area contributed by atoms with Crippen molar-refractivity contribution in [1.82, 2.24) is 4.72 Å². The maximum atomic E-state index is 13.7. The lowest BCUT2D eigenvalue weighted by molar-refractivity contribution is -0.385. The Morgan fingerprint density at radius 2 is 2.00 bits per heavy atom. The molecule has 0 aliphatic carbocycles. The van der Waals surface area contributed by atoms with E-state index in [9.17, 15) is 22.9 Å². The van der Waals surface area contributed by atoms with Crippen molar-refractivity contribution in [1.29, 1.82) is 5.26 Å². The third kappa shape index (κ3) is 3.53. The lowest BCUT2D eigenvalue weighted by atomic mass is 9.97. The summed E-state index contributed by atoms with van der Waals surface area (Å²) in [5.74, 6) is -1.12. The zero-order valence-corrected chi connectivity index (χ0v) is 12.3. The quantitative estimate of drug-likeness (QED) is 0.638. The van der Waals surface area contributed by atoms with Gasteiger partial charge >= 0.3 is 0 Å². The zero-order valence-electron chi connectivity index (χ0n) is 11.5. The lowest BCUT2D eigenvalue weighted by Gasteiger charge is -2.24. The van der Waals surface area contributed by atoms with Crippen LogP contribution in [0.25, 0.3) is 0 Å². The van der Waals surface area contributed by atoms with Crippen molar-refractivity contribution in [2.24, 2.45) is 0 Å². The number of nitro groups is 1. The van der Waals surface area contributed by atoms with Crippen molar-refractivity contribution in [2.45, 2.75) is 37.1 Å². The summed E-state index contributed by atoms with van der Waals surface area (Å²) in [6.45, 7) is 3.22. The average molecular weight is 315 g/mol. The van der Waals surface area contributed by atoms with Gasteiger partial charge in [-0.15, -0.1) is 0 Å². The molecule has 1 aromatic rings. The maximum absolute atomic E-state index is 13.7. The molecule has 0 aliphatic rings. The Hall–Kier alpha value is -2.05. The van der Waals surface area contributed by atoms with Crippen molar-refractivity contribution in [2.75, 3.05) is 0 Å². The van der Waals surface area contributed by atoms with Gasteiger partial charge in [-0.1, -0.05) is 13.8 Å². The topological polar surface area (TPSA) is 113 Å². The Morgan fingerprint density at radius 3 is 2.43 bits per heavy atom. The highest BCUT2D eigenvalue weighted by Crippen LogP contribution is 2.24. The number of rotatable bonds is 6. The molecule has 0 bridgehead atoms. The summed E-state index contributed by atoms with van der Waals surface area (Å²) < 4.78 is 40.2. The van der Waals surface area contributed by atoms with Gasteiger partial charge in [0.15, 0.2) is 0 Å². The van der Waals surface area contributed by atoms with E-state index in [1.54, 1.807) is 13.8 Å². The van der Waals surface area contributed by atoms with Gasteiger partial charge in [0.05, 0.1) is 11.0 Å². The summed E-state index contributed by atoms with van der Waals surface area (Å²) in [6, 6.07) is 4.05. The third-order valence-electron chi connectivity index (χ3n) is 3.17. The van der Waals surface area contributed by atoms with E-state index in [0.29, 0.717) is 12.1 Å². The van der Waals surface area contributed by atoms with Crippen LogP contribution in [0.5, 0.6) is 0 Å². The number of sulfonamides is 1. The SMILES string of the molecule is CCC(C#N)(CC)NS(=O)(=O)c1cc([N+](=O)[O-])ccc1F. The molecule has 0 aliphatic heterocycles. The minimum absolute atomic E-state index is 0.176. The second kappa shape index (κ2) is 6.15. The molecule has 0 amide bonds. The molecule has 0 heterocycles. The number of nitro benzene ring substituents is 1. The molecule has 0 radical (unpaired) electrons. The minimum Gasteiger partial charge on any atom is -0.258 e. The molecule has 0 saturated carbocycles. The molecule has 7 nitrogen and oxygen atoms in total. The van der Waals surface area contributed by atoms with Crippen LogP contribution in [-0.4, -0.2) is 18.9 Å². The van der Waals surface area contributed by atoms with E-state index in [1.165, 1.54) is 0 Å². The van der Waals surface area contributed by atoms with Gasteiger partial charge in [-0.25, -0.2) is 12.8 Å². The molecule has 21 heavy (non-hydrogen) atoms. The molecule has 114 valence electrons. The molecule has 1 rings (SSSR count). The second-order valence-corrected chi connectivity index (χ2v) is 6.03. The van der Waals surface area contributed by atoms with Crippen LogP contribution in [0.3, 0.4) is 0 Å². The van der Waals surface area contributed by atoms with Crippen molar-refractivity contribution < 1.29 is 17.7 Å². The Morgan fingerprint density at radius 1 is 1.43 bits per heavy atom. The average Bonchev–Trinajstić information content (AvgIpc) is 2.45. The van der Waals surface area contributed by atoms with Crippen molar-refractivity contribution >= 4 is 15.7 Å². The number of nitrogens with one attached hydrogen (secondary N) is 1. The summed E-state index contributed by atoms with van der Waals surface area (Å²) in [5.41, 5.74) is -1.93. The lowest BCUT2D eigenvalue weighted by Crippen LogP contribution is -2.46. The molecule has 0 aromatic heterocycles. The molecular formula is C12H14FN3O4S. The van der Waals surface area contributed by atoms with Gasteiger partial charge in [0.1, 0.15) is 16.3 Å². The number of hydrogen-bond acceptors (Lipinski definition) is 5. The first-order chi connectivity index (χ1) is 9.71. The monoisotopic (exact) mass is 315 g/mol. The van der Waals surface area contributed by atoms with Crippen LogP contribution in [-0.2, 0) is 10.0 Å². The van der Waals surface area contributed by atoms with E-state index in [0.717, 1.165) is 6.07 Å². The second-order valence-electron chi connectivity index (χ2n) is 4.38. The van der Waals surface area contributed by atoms with Gasteiger partial charge in [0, 0.05) is 12.1 Å². The van der Waals surface area contributed by atoms with E-state index < -0.39 is 36.9 Å². The smallest absolute Gasteiger partial charge is 0.258 e. The largest absolute Gasteiger partial charge is 0.270 e. The number of hydrogen-bond donors (Lipinski definition) is 1. The molecule has 0 unspecified atom stereocenters. The van der Waals surface area contributed by atoms with Crippen LogP contribution in [0, 0.1) is 27.3 Å². The minimum atomic E-state index is -4.39. The summed E-state index contributed by atoms with van der Waals surface area (Å²) >= 11 is 0. The highest BCUT2D eigenvalue weighted by Gasteiger charge is 2.34. The van der Waals surface area contributed by atoms with Gasteiger partial charge in [0.25, 0.3) is 5.69 Å². The number of benzene rings is 1. The van der Waals surface area contributed by atoms with Crippen LogP contribution in [0.4, 0.5) is 10.1 Å². The van der Waals surface area contributed by atoms with Gasteiger partial charge in [-0.05, 0) is 18.9 Å². The van der Waals surface area contributed by atoms with E-state index in [-0.39, 0.29) is 12.8 Å². The Labute approximate surface area is 121 Å². The summed E-state index contributed by atoms with van der Waals surface area (Å²) in [6.07, 6.45) is 0.353. The van der Waals surface area contributed by atoms with Gasteiger partial charge in [-0.3, -0.25) is 10.1 Å². The molecule has 0 atom stereocenters. The van der Waals surface area contributed by atoms with Crippen molar-refractivity contribution in [3.8, 4) is 6.07 Å². The number of nitrogens with zero attached hydrogens (tertiary/aromatic N) is 2. The van der Waals surface area contributed by atoms with Gasteiger partial charge in [-0.2, -0.15) is 9.98 Å². The normalized spacial score (nSPS) is 11.9. The van der Waals surface area contributed by atoms with Crippen molar-refractivity contribution in [3.05, 3.63) is 34.1 Å². The first-order valence-corrected chi connectivity index (χ1v) is 7.59. The molecule has 0 fully saturated rings. The van der Waals surface area contributed by atoms with Gasteiger partial charge < -0.3 is 0 Å². The molecule has 0 saturated heterocycles. The van der Waals surface area contributed by atoms with Crippen LogP contribution >= 0.6 is 0 Å². The van der Waals surface area contributed by atoms with Crippen LogP contribution < -0.4 is 4.72 Å². The van der Waals surface area contributed by atoms with E-state index in [2.05, 4.69) is 4.72 Å². The molecule has 1 N–H and O–H groups in total.